The maximum absolute atomic E-state index is 12.6. The minimum absolute atomic E-state index is 0.193. The summed E-state index contributed by atoms with van der Waals surface area (Å²) < 4.78 is 0. The summed E-state index contributed by atoms with van der Waals surface area (Å²) in [5.74, 6) is 1.97. The molecule has 2 rings (SSSR count). The highest BCUT2D eigenvalue weighted by Gasteiger charge is 2.21. The Hall–Kier alpha value is -2.35. The highest BCUT2D eigenvalue weighted by Crippen LogP contribution is 2.13. The summed E-state index contributed by atoms with van der Waals surface area (Å²) in [6.45, 7) is 17.4. The zero-order chi connectivity index (χ0) is 23.3. The number of carbonyl (C=O) groups excluding carboxylic acids is 1. The summed E-state index contributed by atoms with van der Waals surface area (Å²) in [5.41, 5.74) is 0. The summed E-state index contributed by atoms with van der Waals surface area (Å²) in [6, 6.07) is 7.03. The van der Waals surface area contributed by atoms with Crippen molar-refractivity contribution < 1.29 is 4.79 Å². The fourth-order valence-electron chi connectivity index (χ4n) is 4.07. The smallest absolute Gasteiger partial charge is 0.224 e. The van der Waals surface area contributed by atoms with Gasteiger partial charge in [0.15, 0.2) is 5.96 Å². The molecule has 0 saturated carbocycles. The molecule has 32 heavy (non-hydrogen) atoms. The van der Waals surface area contributed by atoms with Gasteiger partial charge in [0.2, 0.25) is 5.91 Å². The molecule has 0 spiro atoms. The van der Waals surface area contributed by atoms with Gasteiger partial charge in [0.1, 0.15) is 5.82 Å². The largest absolute Gasteiger partial charge is 0.357 e. The van der Waals surface area contributed by atoms with Crippen molar-refractivity contribution in [3.05, 3.63) is 24.4 Å². The molecule has 2 heterocycles. The number of anilines is 1. The van der Waals surface area contributed by atoms with Gasteiger partial charge >= 0.3 is 0 Å². The Bertz CT molecular complexity index is 677. The lowest BCUT2D eigenvalue weighted by Gasteiger charge is -2.35. The predicted molar refractivity (Wildman–Crippen MR) is 133 cm³/mol. The first-order chi connectivity index (χ1) is 15.4. The van der Waals surface area contributed by atoms with Crippen molar-refractivity contribution in [3.63, 3.8) is 0 Å². The Labute approximate surface area is 194 Å². The number of hydrogen-bond acceptors (Lipinski definition) is 5. The average Bonchev–Trinajstić information content (AvgIpc) is 2.79. The standard InChI is InChI=1S/C24H43N7O/c1-6-25-24(27-13-9-15-31(20(2)3)21(4)5)28-14-11-23(32)30-18-16-29(17-19-30)22-10-7-8-12-26-22/h7-8,10,12,20-21H,6,9,11,13-19H2,1-5H3,(H2,25,27,28). The number of pyridine rings is 1. The van der Waals surface area contributed by atoms with Crippen LogP contribution in [-0.4, -0.2) is 91.1 Å². The third-order valence-electron chi connectivity index (χ3n) is 5.75. The van der Waals surface area contributed by atoms with Gasteiger partial charge in [-0.05, 0) is 53.2 Å². The Kier molecular flexibility index (Phi) is 11.3. The van der Waals surface area contributed by atoms with Gasteiger partial charge in [0, 0.05) is 77.1 Å². The van der Waals surface area contributed by atoms with Gasteiger partial charge in [-0.25, -0.2) is 4.98 Å². The Morgan fingerprint density at radius 1 is 1.12 bits per heavy atom. The van der Waals surface area contributed by atoms with Crippen LogP contribution >= 0.6 is 0 Å². The second-order valence-electron chi connectivity index (χ2n) is 8.77. The molecule has 180 valence electrons. The number of nitrogens with zero attached hydrogens (tertiary/aromatic N) is 5. The van der Waals surface area contributed by atoms with E-state index in [4.69, 9.17) is 0 Å². The van der Waals surface area contributed by atoms with Gasteiger partial charge < -0.3 is 20.4 Å². The third kappa shape index (κ3) is 8.65. The topological polar surface area (TPSA) is 76.1 Å². The maximum Gasteiger partial charge on any atom is 0.224 e. The first-order valence-electron chi connectivity index (χ1n) is 12.1. The first kappa shape index (κ1) is 25.9. The minimum Gasteiger partial charge on any atom is -0.357 e. The van der Waals surface area contributed by atoms with Crippen LogP contribution in [0.2, 0.25) is 0 Å². The van der Waals surface area contributed by atoms with Crippen LogP contribution in [0, 0.1) is 0 Å². The maximum atomic E-state index is 12.6. The van der Waals surface area contributed by atoms with Crippen molar-refractivity contribution in [2.24, 2.45) is 4.99 Å². The molecular weight excluding hydrogens is 402 g/mol. The summed E-state index contributed by atoms with van der Waals surface area (Å²) in [6.07, 6.45) is 3.31. The van der Waals surface area contributed by atoms with Crippen molar-refractivity contribution in [2.75, 3.05) is 57.3 Å². The molecule has 0 aromatic carbocycles. The summed E-state index contributed by atoms with van der Waals surface area (Å²) in [5, 5.41) is 6.60. The molecule has 8 nitrogen and oxygen atoms in total. The van der Waals surface area contributed by atoms with Gasteiger partial charge in [-0.2, -0.15) is 0 Å². The molecule has 0 unspecified atom stereocenters. The van der Waals surface area contributed by atoms with Crippen LogP contribution in [0.4, 0.5) is 5.82 Å². The number of hydrogen-bond donors (Lipinski definition) is 2. The molecule has 2 N–H and O–H groups in total. The number of guanidine groups is 1. The van der Waals surface area contributed by atoms with Crippen LogP contribution in [0.1, 0.15) is 47.5 Å². The third-order valence-corrected chi connectivity index (χ3v) is 5.75. The zero-order valence-electron chi connectivity index (χ0n) is 20.7. The van der Waals surface area contributed by atoms with Crippen molar-refractivity contribution >= 4 is 17.7 Å². The normalized spacial score (nSPS) is 15.1. The van der Waals surface area contributed by atoms with Gasteiger partial charge in [0.25, 0.3) is 0 Å². The molecule has 0 bridgehead atoms. The van der Waals surface area contributed by atoms with E-state index in [2.05, 4.69) is 65.0 Å². The van der Waals surface area contributed by atoms with Crippen molar-refractivity contribution in [3.8, 4) is 0 Å². The van der Waals surface area contributed by atoms with Crippen LogP contribution in [0.15, 0.2) is 29.4 Å². The summed E-state index contributed by atoms with van der Waals surface area (Å²) >= 11 is 0. The number of rotatable bonds is 11. The Morgan fingerprint density at radius 2 is 1.84 bits per heavy atom. The molecule has 1 aromatic rings. The molecule has 0 aliphatic carbocycles. The second kappa shape index (κ2) is 13.9. The second-order valence-corrected chi connectivity index (χ2v) is 8.77. The molecule has 1 amide bonds. The van der Waals surface area contributed by atoms with Crippen molar-refractivity contribution in [1.82, 2.24) is 25.4 Å². The van der Waals surface area contributed by atoms with Gasteiger partial charge in [-0.15, -0.1) is 0 Å². The lowest BCUT2D eigenvalue weighted by atomic mass is 10.2. The van der Waals surface area contributed by atoms with E-state index in [9.17, 15) is 4.79 Å². The van der Waals surface area contributed by atoms with E-state index in [-0.39, 0.29) is 5.91 Å². The predicted octanol–water partition coefficient (Wildman–Crippen LogP) is 2.18. The monoisotopic (exact) mass is 445 g/mol. The molecule has 0 atom stereocenters. The average molecular weight is 446 g/mol. The number of nitrogens with one attached hydrogen (secondary N) is 2. The van der Waals surface area contributed by atoms with E-state index < -0.39 is 0 Å². The molecule has 8 heteroatoms. The minimum atomic E-state index is 0.193. The molecule has 0 radical (unpaired) electrons. The summed E-state index contributed by atoms with van der Waals surface area (Å²) in [7, 11) is 0. The molecule has 1 saturated heterocycles. The lowest BCUT2D eigenvalue weighted by Crippen LogP contribution is -2.49. The van der Waals surface area contributed by atoms with E-state index in [0.29, 0.717) is 25.0 Å². The Balaban J connectivity index is 1.70. The van der Waals surface area contributed by atoms with Gasteiger partial charge in [-0.3, -0.25) is 14.7 Å². The van der Waals surface area contributed by atoms with Crippen LogP contribution in [0.3, 0.4) is 0 Å². The Morgan fingerprint density at radius 3 is 2.44 bits per heavy atom. The number of amides is 1. The van der Waals surface area contributed by atoms with E-state index in [1.54, 1.807) is 0 Å². The van der Waals surface area contributed by atoms with Crippen molar-refractivity contribution in [2.45, 2.75) is 59.5 Å². The highest BCUT2D eigenvalue weighted by atomic mass is 16.2. The highest BCUT2D eigenvalue weighted by molar-refractivity contribution is 5.81. The fraction of sp³-hybridized carbons (Fsp3) is 0.708. The number of piperazine rings is 1. The number of aliphatic imine (C=N–C) groups is 1. The van der Waals surface area contributed by atoms with Crippen LogP contribution in [0.25, 0.3) is 0 Å². The van der Waals surface area contributed by atoms with Gasteiger partial charge in [0.05, 0.1) is 0 Å². The van der Waals surface area contributed by atoms with Crippen LogP contribution in [-0.2, 0) is 4.79 Å². The summed E-state index contributed by atoms with van der Waals surface area (Å²) in [4.78, 5) is 28.4. The fourth-order valence-corrected chi connectivity index (χ4v) is 4.07. The molecule has 1 aliphatic heterocycles. The van der Waals surface area contributed by atoms with E-state index >= 15 is 0 Å². The van der Waals surface area contributed by atoms with Crippen molar-refractivity contribution in [1.29, 1.82) is 0 Å². The molecule has 1 fully saturated rings. The lowest BCUT2D eigenvalue weighted by molar-refractivity contribution is -0.131. The number of carbonyl (C=O) groups is 1. The first-order valence-corrected chi connectivity index (χ1v) is 12.1. The number of aromatic nitrogens is 1. The van der Waals surface area contributed by atoms with E-state index in [1.807, 2.05) is 29.3 Å². The molecular formula is C24H43N7O. The van der Waals surface area contributed by atoms with Crippen LogP contribution in [0.5, 0.6) is 0 Å². The van der Waals surface area contributed by atoms with Gasteiger partial charge in [-0.1, -0.05) is 6.07 Å². The van der Waals surface area contributed by atoms with E-state index in [0.717, 1.165) is 64.0 Å². The quantitative estimate of drug-likeness (QED) is 0.309. The molecule has 1 aromatic heterocycles. The molecule has 1 aliphatic rings. The SMILES string of the molecule is CCNC(=NCCCN(C(C)C)C(C)C)NCCC(=O)N1CCN(c2ccccn2)CC1. The zero-order valence-corrected chi connectivity index (χ0v) is 20.7. The van der Waals surface area contributed by atoms with E-state index in [1.165, 1.54) is 0 Å². The van der Waals surface area contributed by atoms with Crippen LogP contribution < -0.4 is 15.5 Å².